The Hall–Kier alpha value is -1.82. The lowest BCUT2D eigenvalue weighted by molar-refractivity contribution is -0.112. The van der Waals surface area contributed by atoms with Crippen LogP contribution in [0.15, 0.2) is 34.3 Å². The molecule has 1 amide bonds. The minimum atomic E-state index is -2.63. The molecule has 0 spiro atoms. The van der Waals surface area contributed by atoms with E-state index in [1.165, 1.54) is 0 Å². The quantitative estimate of drug-likeness (QED) is 0.485. The highest BCUT2D eigenvalue weighted by Gasteiger charge is 2.14. The summed E-state index contributed by atoms with van der Waals surface area (Å²) < 4.78 is 21.1. The van der Waals surface area contributed by atoms with E-state index in [4.69, 9.17) is 0 Å². The van der Waals surface area contributed by atoms with E-state index in [1.807, 2.05) is 0 Å². The number of carbonyl (C=O) groups is 1. The Morgan fingerprint density at radius 1 is 1.00 bits per heavy atom. The van der Waals surface area contributed by atoms with Crippen molar-refractivity contribution in [2.75, 3.05) is 0 Å². The van der Waals surface area contributed by atoms with Crippen molar-refractivity contribution in [2.24, 2.45) is 9.98 Å². The number of hydrogen-bond acceptors (Lipinski definition) is 3. The molecular formula is C8H4N2O3S. The van der Waals surface area contributed by atoms with Crippen LogP contribution in [-0.2, 0) is 15.1 Å². The molecule has 0 fully saturated rings. The van der Waals surface area contributed by atoms with E-state index in [0.717, 1.165) is 0 Å². The number of rotatable bonds is 0. The van der Waals surface area contributed by atoms with Gasteiger partial charge in [0.25, 0.3) is 4.99 Å². The number of carbonyl (C=O) groups excluding carboxylic acids is 1. The van der Waals surface area contributed by atoms with Gasteiger partial charge in [0.15, 0.2) is 0 Å². The van der Waals surface area contributed by atoms with Crippen molar-refractivity contribution in [3.05, 3.63) is 35.0 Å². The summed E-state index contributed by atoms with van der Waals surface area (Å²) in [6.45, 7) is 0. The zero-order chi connectivity index (χ0) is 10.1. The first kappa shape index (κ1) is 8.76. The molecular weight excluding hydrogens is 204 g/mol. The van der Waals surface area contributed by atoms with Gasteiger partial charge in [0, 0.05) is 0 Å². The fourth-order valence-electron chi connectivity index (χ4n) is 1.08. The lowest BCUT2D eigenvalue weighted by Crippen LogP contribution is -2.34. The molecule has 0 atom stereocenters. The van der Waals surface area contributed by atoms with Crippen LogP contribution in [0.25, 0.3) is 0 Å². The number of benzene rings is 1. The van der Waals surface area contributed by atoms with E-state index in [9.17, 15) is 13.2 Å². The second-order valence-electron chi connectivity index (χ2n) is 2.56. The Labute approximate surface area is 80.0 Å². The van der Waals surface area contributed by atoms with Crippen LogP contribution in [0.1, 0.15) is 0 Å². The van der Waals surface area contributed by atoms with Gasteiger partial charge < -0.3 is 0 Å². The molecule has 14 heavy (non-hydrogen) atoms. The molecule has 0 unspecified atom stereocenters. The molecule has 1 aliphatic rings. The van der Waals surface area contributed by atoms with Crippen LogP contribution in [0.5, 0.6) is 0 Å². The normalized spacial score (nSPS) is 14.0. The first-order chi connectivity index (χ1) is 6.68. The molecule has 0 saturated carbocycles. The first-order valence-corrected chi connectivity index (χ1v) is 4.79. The van der Waals surface area contributed by atoms with Crippen LogP contribution in [0, 0.1) is 0 Å². The number of nitrogens with zero attached hydrogens (tertiary/aromatic N) is 2. The van der Waals surface area contributed by atoms with Crippen molar-refractivity contribution in [1.29, 1.82) is 0 Å². The number of fused-ring (bicyclic) bond motifs is 1. The zero-order valence-electron chi connectivity index (χ0n) is 6.84. The Morgan fingerprint density at radius 2 is 1.57 bits per heavy atom. The van der Waals surface area contributed by atoms with Crippen molar-refractivity contribution in [1.82, 2.24) is 0 Å². The zero-order valence-corrected chi connectivity index (χ0v) is 7.65. The van der Waals surface area contributed by atoms with Gasteiger partial charge >= 0.3 is 5.91 Å². The predicted molar refractivity (Wildman–Crippen MR) is 47.7 cm³/mol. The average molecular weight is 208 g/mol. The summed E-state index contributed by atoms with van der Waals surface area (Å²) in [6.07, 6.45) is 0. The van der Waals surface area contributed by atoms with Crippen LogP contribution >= 0.6 is 0 Å². The summed E-state index contributed by atoms with van der Waals surface area (Å²) in [5.74, 6) is -0.822. The highest BCUT2D eigenvalue weighted by atomic mass is 32.2. The van der Waals surface area contributed by atoms with Gasteiger partial charge in [-0.1, -0.05) is 12.1 Å². The minimum Gasteiger partial charge on any atom is -0.264 e. The van der Waals surface area contributed by atoms with E-state index in [2.05, 4.69) is 9.98 Å². The van der Waals surface area contributed by atoms with Gasteiger partial charge in [0.1, 0.15) is 0 Å². The molecule has 1 aromatic rings. The summed E-state index contributed by atoms with van der Waals surface area (Å²) in [5, 5.41) is 0.790. The molecule has 0 aliphatic carbocycles. The largest absolute Gasteiger partial charge is 0.312 e. The molecule has 0 saturated heterocycles. The third kappa shape index (κ3) is 1.35. The second-order valence-corrected chi connectivity index (χ2v) is 3.41. The molecule has 70 valence electrons. The summed E-state index contributed by atoms with van der Waals surface area (Å²) in [5.41, 5.74) is 0. The van der Waals surface area contributed by atoms with Gasteiger partial charge in [-0.3, -0.25) is 4.79 Å². The molecule has 6 heteroatoms. The third-order valence-corrected chi connectivity index (χ3v) is 2.25. The van der Waals surface area contributed by atoms with Gasteiger partial charge in [-0.2, -0.15) is 8.42 Å². The van der Waals surface area contributed by atoms with Gasteiger partial charge in [-0.25, -0.2) is 9.98 Å². The lowest BCUT2D eigenvalue weighted by Gasteiger charge is -1.96. The van der Waals surface area contributed by atoms with E-state index in [-0.39, 0.29) is 0 Å². The van der Waals surface area contributed by atoms with Crippen LogP contribution in [-0.4, -0.2) is 19.3 Å². The van der Waals surface area contributed by atoms with Crippen LogP contribution in [0.2, 0.25) is 0 Å². The van der Waals surface area contributed by atoms with Crippen molar-refractivity contribution in [3.8, 4) is 0 Å². The lowest BCUT2D eigenvalue weighted by atomic mass is 10.3. The maximum absolute atomic E-state index is 11.1. The van der Waals surface area contributed by atoms with Gasteiger partial charge in [0.05, 0.1) is 10.7 Å². The SMILES string of the molecule is O=C1N=c2ccccc2=NC1=S(=O)=O. The summed E-state index contributed by atoms with van der Waals surface area (Å²) in [4.78, 5) is 17.8. The average Bonchev–Trinajstić information content (AvgIpc) is 2.16. The molecule has 0 N–H and O–H groups in total. The monoisotopic (exact) mass is 208 g/mol. The minimum absolute atomic E-state index is 0.395. The van der Waals surface area contributed by atoms with Crippen molar-refractivity contribution < 1.29 is 13.2 Å². The number of hydrogen-bond donors (Lipinski definition) is 0. The molecule has 0 radical (unpaired) electrons. The summed E-state index contributed by atoms with van der Waals surface area (Å²) in [7, 11) is -2.63. The van der Waals surface area contributed by atoms with E-state index < -0.39 is 21.2 Å². The maximum atomic E-state index is 11.1. The fourth-order valence-corrected chi connectivity index (χ4v) is 1.44. The topological polar surface area (TPSA) is 75.9 Å². The maximum Gasteiger partial charge on any atom is 0.312 e. The number of para-hydroxylation sites is 2. The fraction of sp³-hybridized carbons (Fsp3) is 0. The van der Waals surface area contributed by atoms with E-state index in [0.29, 0.717) is 10.7 Å². The van der Waals surface area contributed by atoms with Crippen molar-refractivity contribution in [2.45, 2.75) is 0 Å². The summed E-state index contributed by atoms with van der Waals surface area (Å²) >= 11 is 0. The van der Waals surface area contributed by atoms with Crippen LogP contribution in [0.4, 0.5) is 0 Å². The Bertz CT molecular complexity index is 650. The van der Waals surface area contributed by atoms with Crippen molar-refractivity contribution in [3.63, 3.8) is 0 Å². The highest BCUT2D eigenvalue weighted by molar-refractivity contribution is 7.74. The van der Waals surface area contributed by atoms with Gasteiger partial charge in [0.2, 0.25) is 10.3 Å². The number of amides is 1. The molecule has 1 aliphatic heterocycles. The molecule has 5 nitrogen and oxygen atoms in total. The molecule has 1 aromatic carbocycles. The molecule has 0 aromatic heterocycles. The molecule has 2 rings (SSSR count). The standard InChI is InChI=1S/C8H4N2O3S/c11-7-8(14(12)13)10-6-4-2-1-3-5(6)9-7/h1-4H. The van der Waals surface area contributed by atoms with Crippen LogP contribution in [0.3, 0.4) is 0 Å². The van der Waals surface area contributed by atoms with Gasteiger partial charge in [-0.05, 0) is 12.1 Å². The Morgan fingerprint density at radius 3 is 2.14 bits per heavy atom. The Balaban J connectivity index is 2.94. The second kappa shape index (κ2) is 3.15. The first-order valence-electron chi connectivity index (χ1n) is 3.71. The van der Waals surface area contributed by atoms with Crippen LogP contribution < -0.4 is 10.7 Å². The highest BCUT2D eigenvalue weighted by Crippen LogP contribution is 1.86. The third-order valence-electron chi connectivity index (χ3n) is 1.67. The van der Waals surface area contributed by atoms with E-state index in [1.54, 1.807) is 24.3 Å². The van der Waals surface area contributed by atoms with Crippen molar-refractivity contribution >= 4 is 21.2 Å². The Kier molecular flexibility index (Phi) is 1.97. The predicted octanol–water partition coefficient (Wildman–Crippen LogP) is -1.52. The van der Waals surface area contributed by atoms with Gasteiger partial charge in [-0.15, -0.1) is 0 Å². The smallest absolute Gasteiger partial charge is 0.264 e. The molecule has 0 bridgehead atoms. The molecule has 1 heterocycles. The summed E-state index contributed by atoms with van der Waals surface area (Å²) in [6, 6.07) is 6.59. The van der Waals surface area contributed by atoms with E-state index >= 15 is 0 Å².